The van der Waals surface area contributed by atoms with Gasteiger partial charge in [-0.2, -0.15) is 43.7 Å². The number of para-hydroxylation sites is 3. The van der Waals surface area contributed by atoms with Crippen LogP contribution in [0.25, 0.3) is 111 Å². The molecule has 10 N–H and O–H groups in total. The maximum Gasteiger partial charge on any atom is 0.254 e. The minimum atomic E-state index is -0.637. The van der Waals surface area contributed by atoms with Gasteiger partial charge in [-0.3, -0.25) is 24.7 Å². The summed E-state index contributed by atoms with van der Waals surface area (Å²) in [6.45, 7) is 21.0. The fraction of sp³-hybridized carbons (Fsp3) is 0.204. The number of halogens is 5. The largest absolute Gasteiger partial charge is 0.370 e. The highest BCUT2D eigenvalue weighted by Crippen LogP contribution is 2.36. The van der Waals surface area contributed by atoms with Crippen molar-refractivity contribution in [3.63, 3.8) is 0 Å². The number of hydrogen-bond donors (Lipinski definition) is 9. The third-order valence-corrected chi connectivity index (χ3v) is 22.7. The summed E-state index contributed by atoms with van der Waals surface area (Å²) in [7, 11) is 0. The molecule has 0 spiro atoms. The summed E-state index contributed by atoms with van der Waals surface area (Å²) >= 11 is 0. The smallest absolute Gasteiger partial charge is 0.254 e. The molecule has 4 aromatic carbocycles. The van der Waals surface area contributed by atoms with E-state index in [1.807, 2.05) is 90.7 Å². The van der Waals surface area contributed by atoms with Gasteiger partial charge in [0.15, 0.2) is 22.6 Å². The number of fused-ring (bicyclic) bond motifs is 8. The number of primary amides is 1. The molecule has 0 bridgehead atoms. The number of aryl methyl sites for hydroxylation is 3. The number of H-pyrrole nitrogens is 4. The van der Waals surface area contributed by atoms with Gasteiger partial charge >= 0.3 is 0 Å². The van der Waals surface area contributed by atoms with E-state index in [-0.39, 0.29) is 29.1 Å². The van der Waals surface area contributed by atoms with Crippen LogP contribution >= 0.6 is 0 Å². The van der Waals surface area contributed by atoms with E-state index in [1.165, 1.54) is 80.2 Å². The lowest BCUT2D eigenvalue weighted by Gasteiger charge is -2.12. The fourth-order valence-corrected chi connectivity index (χ4v) is 16.6. The topological polar surface area (TPSA) is 350 Å². The molecule has 0 saturated heterocycles. The van der Waals surface area contributed by atoms with E-state index in [1.54, 1.807) is 41.4 Å². The van der Waals surface area contributed by atoms with Crippen molar-refractivity contribution in [2.24, 2.45) is 5.73 Å². The number of nitriles is 1. The Bertz CT molecular complexity index is 7650. The molecule has 0 aliphatic carbocycles. The Morgan fingerprint density at radius 3 is 1.25 bits per heavy atom. The number of anilines is 4. The van der Waals surface area contributed by atoms with Crippen LogP contribution in [0.1, 0.15) is 131 Å². The van der Waals surface area contributed by atoms with Crippen LogP contribution in [0.2, 0.25) is 0 Å². The molecule has 0 aliphatic rings. The van der Waals surface area contributed by atoms with Crippen LogP contribution in [0.4, 0.5) is 45.2 Å². The zero-order chi connectivity index (χ0) is 90.5. The standard InChI is InChI=1S/C26H25F3N6.C25H25FN6.C25H23N7.C22H18FN7O/c1-13(2)24-15(4)34-35-23(10-22(33-26(24)35)16-7-18(28)12-30-11-16)31-6-5-19-14(3)32-25-20(19)8-17(27)9-21(25)29;1-15(2)24-16(3)31-32-23(11-22(30-25(24)32)18-10-19(26)14-27-12-18)28-9-8-17-13-29-21-7-5-4-6-20(17)21;1-16(2)21-15-30-32-24(28-8-7-18-14-29-22-6-4-3-5-20(18)22)10-23(31-25(21)32)19-9-17(11-26)12-27-13-19;23-15-7-14(9-25-11-15)19-8-20(30-22(29-19)17(12-28-30)21(24)31)26-6-5-13-10-27-18-4-2-1-3-16(13)18/h7-13,31-32H,5-6H2,1-4H3;4-7,10-15,28-29H,8-9H2,1-3H3;3-6,9-10,12-16,28-29H,7-8H2,1-2H3;1-4,7-12,26-27H,5-6H2,(H2,24,31). The third-order valence-electron chi connectivity index (χ3n) is 22.7. The monoisotopic (exact) mass is 1740 g/mol. The van der Waals surface area contributed by atoms with E-state index in [2.05, 4.69) is 184 Å². The van der Waals surface area contributed by atoms with Gasteiger partial charge in [0.1, 0.15) is 64.0 Å². The maximum atomic E-state index is 14.2. The van der Waals surface area contributed by atoms with Gasteiger partial charge in [0, 0.05) is 189 Å². The number of nitrogens with two attached hydrogens (primary N) is 1. The van der Waals surface area contributed by atoms with E-state index < -0.39 is 29.2 Å². The number of carbonyl (C=O) groups excluding carboxylic acids is 1. The predicted molar refractivity (Wildman–Crippen MR) is 496 cm³/mol. The Balaban J connectivity index is 0.000000122. The number of hydrogen-bond acceptors (Lipinski definition) is 18. The van der Waals surface area contributed by atoms with E-state index in [9.17, 15) is 32.0 Å². The quantitative estimate of drug-likeness (QED) is 0.0254. The maximum absolute atomic E-state index is 14.2. The van der Waals surface area contributed by atoms with Gasteiger partial charge < -0.3 is 46.9 Å². The first-order chi connectivity index (χ1) is 63.0. The molecule has 27 nitrogen and oxygen atoms in total. The lowest BCUT2D eigenvalue weighted by Crippen LogP contribution is -2.13. The molecule has 1 amide bonds. The lowest BCUT2D eigenvalue weighted by atomic mass is 10.0. The van der Waals surface area contributed by atoms with Crippen molar-refractivity contribution in [2.45, 2.75) is 106 Å². The van der Waals surface area contributed by atoms with Crippen LogP contribution in [-0.2, 0) is 25.7 Å². The average Bonchev–Trinajstić information content (AvgIpc) is 1.62. The highest BCUT2D eigenvalue weighted by atomic mass is 19.1. The molecule has 0 aliphatic heterocycles. The van der Waals surface area contributed by atoms with Crippen molar-refractivity contribution < 1.29 is 26.7 Å². The highest BCUT2D eigenvalue weighted by Gasteiger charge is 2.25. The normalized spacial score (nSPS) is 11.5. The van der Waals surface area contributed by atoms with Crippen LogP contribution in [0.15, 0.2) is 214 Å². The summed E-state index contributed by atoms with van der Waals surface area (Å²) in [5.74, 6) is 0.552. The minimum Gasteiger partial charge on any atom is -0.370 e. The summed E-state index contributed by atoms with van der Waals surface area (Å²) in [4.78, 5) is 59.8. The SMILES string of the molecule is CC(C)c1cnn2c(NCCc3c[nH]c4ccccc34)cc(-c3cncc(C#N)c3)nc12.Cc1nn2c(NCCc3c(C)[nH]c4c(F)cc(F)cc34)cc(-c3cncc(F)c3)nc2c1C(C)C.Cc1nn2c(NCCc3c[nH]c4ccccc34)cc(-c3cncc(F)c3)nc2c1C(C)C.NC(=O)c1cnn2c(NCCc3c[nH]c4ccccc34)cc(-c3cncc(F)c3)nc12. The molecule has 654 valence electrons. The molecule has 20 aromatic rings. The number of pyridine rings is 4. The first-order valence-corrected chi connectivity index (χ1v) is 42.6. The summed E-state index contributed by atoms with van der Waals surface area (Å²) in [6, 6.07) is 42.6. The van der Waals surface area contributed by atoms with E-state index >= 15 is 0 Å². The Morgan fingerprint density at radius 2 is 0.823 bits per heavy atom. The van der Waals surface area contributed by atoms with Crippen LogP contribution in [0.5, 0.6) is 0 Å². The number of nitrogens with zero attached hydrogens (tertiary/aromatic N) is 17. The molecule has 0 fully saturated rings. The van der Waals surface area contributed by atoms with Gasteiger partial charge in [-0.15, -0.1) is 0 Å². The Hall–Kier alpha value is -16.1. The average molecular weight is 1740 g/mol. The number of amides is 1. The van der Waals surface area contributed by atoms with Gasteiger partial charge in [-0.25, -0.2) is 41.9 Å². The molecule has 32 heteroatoms. The summed E-state index contributed by atoms with van der Waals surface area (Å²) in [6.07, 6.45) is 23.9. The Morgan fingerprint density at radius 1 is 0.431 bits per heavy atom. The van der Waals surface area contributed by atoms with Gasteiger partial charge in [-0.05, 0) is 135 Å². The second-order valence-electron chi connectivity index (χ2n) is 32.6. The first-order valence-electron chi connectivity index (χ1n) is 42.6. The molecule has 16 aromatic heterocycles. The van der Waals surface area contributed by atoms with E-state index in [0.29, 0.717) is 92.7 Å². The second kappa shape index (κ2) is 37.2. The Labute approximate surface area is 742 Å². The first kappa shape index (κ1) is 86.1. The second-order valence-corrected chi connectivity index (χ2v) is 32.6. The fourth-order valence-electron chi connectivity index (χ4n) is 16.6. The zero-order valence-corrected chi connectivity index (χ0v) is 72.6. The van der Waals surface area contributed by atoms with Crippen LogP contribution in [-0.4, -0.2) is 130 Å². The lowest BCUT2D eigenvalue weighted by molar-refractivity contribution is 0.100. The van der Waals surface area contributed by atoms with E-state index in [4.69, 9.17) is 25.8 Å². The van der Waals surface area contributed by atoms with Crippen molar-refractivity contribution >= 4 is 95.4 Å². The molecule has 20 rings (SSSR count). The molecule has 0 saturated carbocycles. The molecule has 130 heavy (non-hydrogen) atoms. The van der Waals surface area contributed by atoms with Crippen molar-refractivity contribution in [2.75, 3.05) is 47.4 Å². The van der Waals surface area contributed by atoms with Crippen LogP contribution < -0.4 is 27.0 Å². The minimum absolute atomic E-state index is 0.186. The number of rotatable bonds is 24. The summed E-state index contributed by atoms with van der Waals surface area (Å²) < 4.78 is 76.5. The summed E-state index contributed by atoms with van der Waals surface area (Å²) in [5, 5.41) is 45.5. The molecule has 0 radical (unpaired) electrons. The highest BCUT2D eigenvalue weighted by molar-refractivity contribution is 5.99. The van der Waals surface area contributed by atoms with Crippen molar-refractivity contribution in [1.29, 1.82) is 5.26 Å². The van der Waals surface area contributed by atoms with Crippen molar-refractivity contribution in [3.05, 3.63) is 310 Å². The molecule has 0 atom stereocenters. The number of aromatic nitrogens is 20. The molecular formula is C98H91F5N26O. The van der Waals surface area contributed by atoms with Crippen LogP contribution in [0, 0.1) is 61.2 Å². The van der Waals surface area contributed by atoms with Gasteiger partial charge in [0.2, 0.25) is 0 Å². The predicted octanol–water partition coefficient (Wildman–Crippen LogP) is 19.7. The third kappa shape index (κ3) is 18.1. The van der Waals surface area contributed by atoms with Gasteiger partial charge in [0.25, 0.3) is 5.91 Å². The Kier molecular flexibility index (Phi) is 24.7. The zero-order valence-electron chi connectivity index (χ0n) is 72.6. The summed E-state index contributed by atoms with van der Waals surface area (Å²) in [5.41, 5.74) is 27.7. The number of aromatic amines is 4. The molecule has 16 heterocycles. The van der Waals surface area contributed by atoms with Crippen LogP contribution in [0.3, 0.4) is 0 Å². The van der Waals surface area contributed by atoms with Gasteiger partial charge in [-0.1, -0.05) is 96.1 Å². The molecular weight excluding hydrogens is 1650 g/mol. The van der Waals surface area contributed by atoms with Gasteiger partial charge in [0.05, 0.1) is 76.2 Å². The number of nitrogens with one attached hydrogen (secondary N) is 8. The van der Waals surface area contributed by atoms with E-state index in [0.717, 1.165) is 141 Å². The number of carbonyl (C=O) groups is 1. The number of benzene rings is 4. The van der Waals surface area contributed by atoms with Crippen molar-refractivity contribution in [3.8, 4) is 51.1 Å². The molecule has 0 unspecified atom stereocenters. The van der Waals surface area contributed by atoms with Crippen molar-refractivity contribution in [1.82, 2.24) is 98.3 Å².